The van der Waals surface area contributed by atoms with Crippen molar-refractivity contribution >= 4 is 11.9 Å². The van der Waals surface area contributed by atoms with Crippen LogP contribution in [0.2, 0.25) is 0 Å². The van der Waals surface area contributed by atoms with Crippen molar-refractivity contribution in [3.05, 3.63) is 0 Å². The van der Waals surface area contributed by atoms with Gasteiger partial charge in [-0.2, -0.15) is 0 Å². The van der Waals surface area contributed by atoms with Gasteiger partial charge in [-0.3, -0.25) is 9.59 Å². The van der Waals surface area contributed by atoms with Gasteiger partial charge in [0.25, 0.3) is 0 Å². The monoisotopic (exact) mass is 428 g/mol. The summed E-state index contributed by atoms with van der Waals surface area (Å²) >= 11 is 0. The van der Waals surface area contributed by atoms with E-state index < -0.39 is 6.10 Å². The second-order valence-corrected chi connectivity index (χ2v) is 8.43. The van der Waals surface area contributed by atoms with E-state index in [2.05, 4.69) is 13.8 Å². The zero-order chi connectivity index (χ0) is 22.3. The van der Waals surface area contributed by atoms with Crippen molar-refractivity contribution in [3.63, 3.8) is 0 Å². The van der Waals surface area contributed by atoms with Crippen LogP contribution in [0.1, 0.15) is 129 Å². The summed E-state index contributed by atoms with van der Waals surface area (Å²) < 4.78 is 10.4. The zero-order valence-electron chi connectivity index (χ0n) is 19.8. The number of unbranched alkanes of at least 4 members (excludes halogenated alkanes) is 14. The van der Waals surface area contributed by atoms with Gasteiger partial charge in [0.15, 0.2) is 6.10 Å². The number of carbonyl (C=O) groups excluding carboxylic acids is 2. The van der Waals surface area contributed by atoms with Gasteiger partial charge in [-0.05, 0) is 12.8 Å². The molecule has 0 aliphatic rings. The van der Waals surface area contributed by atoms with Gasteiger partial charge in [0.1, 0.15) is 6.61 Å². The minimum absolute atomic E-state index is 0.0600. The van der Waals surface area contributed by atoms with E-state index in [1.807, 2.05) is 0 Å². The summed E-state index contributed by atoms with van der Waals surface area (Å²) in [6.45, 7) is 4.04. The molecule has 178 valence electrons. The van der Waals surface area contributed by atoms with Gasteiger partial charge < -0.3 is 14.6 Å². The molecule has 0 radical (unpaired) electrons. The molecular weight excluding hydrogens is 380 g/mol. The Bertz CT molecular complexity index is 397. The van der Waals surface area contributed by atoms with Gasteiger partial charge in [-0.1, -0.05) is 104 Å². The molecule has 0 bridgehead atoms. The zero-order valence-corrected chi connectivity index (χ0v) is 19.8. The molecular formula is C25H48O5. The summed E-state index contributed by atoms with van der Waals surface area (Å²) in [7, 11) is 0. The number of hydrogen-bond acceptors (Lipinski definition) is 5. The van der Waals surface area contributed by atoms with Crippen molar-refractivity contribution in [1.82, 2.24) is 0 Å². The van der Waals surface area contributed by atoms with Crippen LogP contribution in [0.5, 0.6) is 0 Å². The van der Waals surface area contributed by atoms with Gasteiger partial charge in [-0.15, -0.1) is 0 Å². The number of ether oxygens (including phenoxy) is 2. The molecule has 5 heteroatoms. The highest BCUT2D eigenvalue weighted by Gasteiger charge is 2.16. The largest absolute Gasteiger partial charge is 0.462 e. The van der Waals surface area contributed by atoms with Gasteiger partial charge in [0.2, 0.25) is 0 Å². The highest BCUT2D eigenvalue weighted by atomic mass is 16.6. The Morgan fingerprint density at radius 1 is 0.633 bits per heavy atom. The van der Waals surface area contributed by atoms with Crippen LogP contribution in [0.4, 0.5) is 0 Å². The molecule has 0 aliphatic heterocycles. The van der Waals surface area contributed by atoms with Crippen molar-refractivity contribution < 1.29 is 24.2 Å². The van der Waals surface area contributed by atoms with Crippen LogP contribution in [0.3, 0.4) is 0 Å². The summed E-state index contributed by atoms with van der Waals surface area (Å²) in [5.41, 5.74) is 0. The number of esters is 2. The van der Waals surface area contributed by atoms with Crippen molar-refractivity contribution in [3.8, 4) is 0 Å². The van der Waals surface area contributed by atoms with Crippen molar-refractivity contribution in [2.45, 2.75) is 136 Å². The molecule has 0 saturated heterocycles. The molecule has 1 atom stereocenters. The Kier molecular flexibility index (Phi) is 21.8. The number of hydrogen-bond donors (Lipinski definition) is 1. The summed E-state index contributed by atoms with van der Waals surface area (Å²) in [6.07, 6.45) is 18.7. The van der Waals surface area contributed by atoms with E-state index in [9.17, 15) is 14.7 Å². The lowest BCUT2D eigenvalue weighted by atomic mass is 10.1. The highest BCUT2D eigenvalue weighted by Crippen LogP contribution is 2.11. The number of rotatable bonds is 22. The second-order valence-electron chi connectivity index (χ2n) is 8.43. The first kappa shape index (κ1) is 28.9. The molecule has 0 unspecified atom stereocenters. The Hall–Kier alpha value is -1.10. The summed E-state index contributed by atoms with van der Waals surface area (Å²) in [5, 5.41) is 9.37. The van der Waals surface area contributed by atoms with Gasteiger partial charge >= 0.3 is 11.9 Å². The van der Waals surface area contributed by atoms with Gasteiger partial charge in [0.05, 0.1) is 6.61 Å². The van der Waals surface area contributed by atoms with Crippen LogP contribution in [0.25, 0.3) is 0 Å². The number of aliphatic hydroxyl groups excluding tert-OH is 1. The van der Waals surface area contributed by atoms with Crippen LogP contribution in [0, 0.1) is 0 Å². The topological polar surface area (TPSA) is 72.8 Å². The molecule has 0 aromatic rings. The Morgan fingerprint density at radius 3 is 1.47 bits per heavy atom. The van der Waals surface area contributed by atoms with Crippen LogP contribution in [0.15, 0.2) is 0 Å². The van der Waals surface area contributed by atoms with E-state index >= 15 is 0 Å². The van der Waals surface area contributed by atoms with E-state index in [0.717, 1.165) is 38.5 Å². The van der Waals surface area contributed by atoms with E-state index in [1.165, 1.54) is 64.2 Å². The average Bonchev–Trinajstić information content (AvgIpc) is 2.74. The maximum absolute atomic E-state index is 11.9. The van der Waals surface area contributed by atoms with Crippen molar-refractivity contribution in [2.75, 3.05) is 13.2 Å². The lowest BCUT2D eigenvalue weighted by Gasteiger charge is -2.15. The summed E-state index contributed by atoms with van der Waals surface area (Å²) in [6, 6.07) is 0. The smallest absolute Gasteiger partial charge is 0.306 e. The Balaban J connectivity index is 3.64. The minimum Gasteiger partial charge on any atom is -0.462 e. The maximum atomic E-state index is 11.9. The van der Waals surface area contributed by atoms with Crippen LogP contribution in [-0.4, -0.2) is 36.4 Å². The normalized spacial score (nSPS) is 12.0. The molecule has 5 nitrogen and oxygen atoms in total. The lowest BCUT2D eigenvalue weighted by molar-refractivity contribution is -0.161. The van der Waals surface area contributed by atoms with Gasteiger partial charge in [-0.25, -0.2) is 0 Å². The third kappa shape index (κ3) is 20.2. The van der Waals surface area contributed by atoms with E-state index in [4.69, 9.17) is 9.47 Å². The highest BCUT2D eigenvalue weighted by molar-refractivity contribution is 5.70. The minimum atomic E-state index is -0.756. The Labute approximate surface area is 185 Å². The number of aliphatic hydroxyl groups is 1. The first-order valence-corrected chi connectivity index (χ1v) is 12.6. The molecule has 0 aromatic carbocycles. The summed E-state index contributed by atoms with van der Waals surface area (Å²) in [4.78, 5) is 23.7. The van der Waals surface area contributed by atoms with Gasteiger partial charge in [0, 0.05) is 12.8 Å². The molecule has 0 spiro atoms. The first-order chi connectivity index (χ1) is 14.6. The molecule has 0 rings (SSSR count). The molecule has 0 fully saturated rings. The van der Waals surface area contributed by atoms with Crippen LogP contribution < -0.4 is 0 Å². The fraction of sp³-hybridized carbons (Fsp3) is 0.920. The molecule has 1 N–H and O–H groups in total. The third-order valence-electron chi connectivity index (χ3n) is 5.40. The van der Waals surface area contributed by atoms with Crippen molar-refractivity contribution in [1.29, 1.82) is 0 Å². The Morgan fingerprint density at radius 2 is 1.03 bits per heavy atom. The first-order valence-electron chi connectivity index (χ1n) is 12.6. The predicted molar refractivity (Wildman–Crippen MR) is 122 cm³/mol. The fourth-order valence-electron chi connectivity index (χ4n) is 3.43. The van der Waals surface area contributed by atoms with Crippen LogP contribution >= 0.6 is 0 Å². The van der Waals surface area contributed by atoms with E-state index in [-0.39, 0.29) is 25.2 Å². The molecule has 0 aromatic heterocycles. The molecule has 0 heterocycles. The standard InChI is InChI=1S/C25H48O5/c1-3-5-7-9-11-13-15-17-19-24(27)29-22-23(21-26)30-25(28)20-18-16-14-12-10-8-6-4-2/h23,26H,3-22H2,1-2H3/t23-/m0/s1. The average molecular weight is 429 g/mol. The summed E-state index contributed by atoms with van der Waals surface area (Å²) in [5.74, 6) is -0.599. The second kappa shape index (κ2) is 22.6. The van der Waals surface area contributed by atoms with E-state index in [0.29, 0.717) is 12.8 Å². The fourth-order valence-corrected chi connectivity index (χ4v) is 3.43. The molecule has 30 heavy (non-hydrogen) atoms. The lowest BCUT2D eigenvalue weighted by Crippen LogP contribution is -2.28. The third-order valence-corrected chi connectivity index (χ3v) is 5.40. The van der Waals surface area contributed by atoms with Crippen LogP contribution in [-0.2, 0) is 19.1 Å². The van der Waals surface area contributed by atoms with Crippen molar-refractivity contribution in [2.24, 2.45) is 0 Å². The molecule has 0 amide bonds. The molecule has 0 saturated carbocycles. The molecule has 0 aliphatic carbocycles. The van der Waals surface area contributed by atoms with E-state index in [1.54, 1.807) is 0 Å². The predicted octanol–water partition coefficient (Wildman–Crippen LogP) is 6.50. The SMILES string of the molecule is CCCCCCCCCCC(=O)OC[C@H](CO)OC(=O)CCCCCCCCCC. The maximum Gasteiger partial charge on any atom is 0.306 e. The number of carbonyl (C=O) groups is 2. The quantitative estimate of drug-likeness (QED) is 0.157.